The predicted octanol–water partition coefficient (Wildman–Crippen LogP) is -6.45. The molecule has 0 unspecified atom stereocenters. The van der Waals surface area contributed by atoms with Crippen LogP contribution in [0.25, 0.3) is 0 Å². The van der Waals surface area contributed by atoms with Gasteiger partial charge in [0.05, 0.1) is 36.8 Å². The summed E-state index contributed by atoms with van der Waals surface area (Å²) in [5.41, 5.74) is 22.1. The molecular weight excluding hydrogens is 981 g/mol. The molecule has 1 saturated heterocycles. The summed E-state index contributed by atoms with van der Waals surface area (Å²) in [6.07, 6.45) is 1.82. The molecule has 1 aliphatic rings. The van der Waals surface area contributed by atoms with Gasteiger partial charge in [-0.3, -0.25) is 47.9 Å². The maximum atomic E-state index is 13.8. The van der Waals surface area contributed by atoms with Crippen LogP contribution >= 0.6 is 12.2 Å². The van der Waals surface area contributed by atoms with Gasteiger partial charge in [0.2, 0.25) is 59.1 Å². The van der Waals surface area contributed by atoms with Crippen LogP contribution in [0, 0.1) is 0 Å². The van der Waals surface area contributed by atoms with Crippen molar-refractivity contribution < 1.29 is 68.1 Å². The highest BCUT2D eigenvalue weighted by molar-refractivity contribution is 7.80. The van der Waals surface area contributed by atoms with Crippen molar-refractivity contribution in [3.05, 3.63) is 0 Å². The Bertz CT molecular complexity index is 1900. The van der Waals surface area contributed by atoms with Crippen LogP contribution in [0.2, 0.25) is 0 Å². The summed E-state index contributed by atoms with van der Waals surface area (Å²) in [7, 11) is 0. The van der Waals surface area contributed by atoms with Crippen LogP contribution in [0.15, 0.2) is 0 Å². The van der Waals surface area contributed by atoms with Crippen LogP contribution in [0.4, 0.5) is 0 Å². The topological polar surface area (TPSA) is 464 Å². The molecule has 0 aromatic carbocycles. The highest BCUT2D eigenvalue weighted by Crippen LogP contribution is 2.20. The third kappa shape index (κ3) is 25.4. The molecule has 0 aromatic heterocycles. The van der Waals surface area contributed by atoms with Gasteiger partial charge >= 0.3 is 5.97 Å². The van der Waals surface area contributed by atoms with Gasteiger partial charge < -0.3 is 91.0 Å². The zero-order valence-electron chi connectivity index (χ0n) is 41.8. The number of carboxylic acid groups (broad SMARTS) is 1. The maximum Gasteiger partial charge on any atom is 0.326 e. The molecule has 0 bridgehead atoms. The first kappa shape index (κ1) is 64.9. The maximum absolute atomic E-state index is 13.8. The van der Waals surface area contributed by atoms with Crippen LogP contribution in [0.3, 0.4) is 0 Å². The van der Waals surface area contributed by atoms with E-state index in [0.29, 0.717) is 63.0 Å². The Labute approximate surface area is 429 Å². The summed E-state index contributed by atoms with van der Waals surface area (Å²) in [6.45, 7) is 3.21. The van der Waals surface area contributed by atoms with Crippen molar-refractivity contribution in [2.24, 2.45) is 22.9 Å². The summed E-state index contributed by atoms with van der Waals surface area (Å²) in [4.78, 5) is 143. The summed E-state index contributed by atoms with van der Waals surface area (Å²) in [5, 5.41) is 51.6. The SMILES string of the molecule is CC(=S)NCCCC[C@H](NC(=O)CNC(=O)CNC(=O)[C@@H](NC(=O)[C@H](CO)NC(=O)[C@@H](N)CCCCN)[C@@H](C)O)C(=O)N[C@@H](C)C(=O)N1CCC[C@H]1C(=O)N[C@@H](CCCCN)C(=O)N[C@@H](CCC(N)=O)C(=O)O. The number of amides is 10. The number of aliphatic hydroxyl groups is 2. The lowest BCUT2D eigenvalue weighted by Gasteiger charge is -2.29. The van der Waals surface area contributed by atoms with Crippen molar-refractivity contribution >= 4 is 82.2 Å². The largest absolute Gasteiger partial charge is 0.480 e. The van der Waals surface area contributed by atoms with Gasteiger partial charge in [0.25, 0.3) is 0 Å². The lowest BCUT2D eigenvalue weighted by molar-refractivity contribution is -0.143. The molecule has 0 saturated carbocycles. The van der Waals surface area contributed by atoms with E-state index in [9.17, 15) is 68.1 Å². The number of aliphatic carboxylic acids is 1. The minimum atomic E-state index is -1.65. The van der Waals surface area contributed by atoms with E-state index >= 15 is 0 Å². The van der Waals surface area contributed by atoms with Crippen LogP contribution in [-0.4, -0.2) is 191 Å². The number of aliphatic hydroxyl groups excluding tert-OH is 2. The fourth-order valence-electron chi connectivity index (χ4n) is 7.32. The summed E-state index contributed by atoms with van der Waals surface area (Å²) in [6, 6.07) is -10.4. The van der Waals surface area contributed by atoms with E-state index in [-0.39, 0.29) is 51.6 Å². The molecule has 414 valence electrons. The first-order valence-electron chi connectivity index (χ1n) is 24.3. The van der Waals surface area contributed by atoms with Gasteiger partial charge in [-0.25, -0.2) is 4.79 Å². The third-order valence-corrected chi connectivity index (χ3v) is 11.6. The highest BCUT2D eigenvalue weighted by Gasteiger charge is 2.39. The lowest BCUT2D eigenvalue weighted by atomic mass is 10.1. The number of hydrogen-bond acceptors (Lipinski definition) is 17. The minimum absolute atomic E-state index is 0.0726. The van der Waals surface area contributed by atoms with Crippen molar-refractivity contribution in [1.29, 1.82) is 0 Å². The van der Waals surface area contributed by atoms with Crippen LogP contribution in [-0.2, 0) is 52.7 Å². The van der Waals surface area contributed by atoms with Crippen molar-refractivity contribution in [2.75, 3.05) is 45.9 Å². The molecule has 1 fully saturated rings. The van der Waals surface area contributed by atoms with Crippen molar-refractivity contribution in [3.63, 3.8) is 0 Å². The van der Waals surface area contributed by atoms with Gasteiger partial charge in [0.15, 0.2) is 0 Å². The van der Waals surface area contributed by atoms with Gasteiger partial charge in [-0.1, -0.05) is 18.6 Å². The number of unbranched alkanes of at least 4 members (excludes halogenated alkanes) is 3. The van der Waals surface area contributed by atoms with E-state index in [2.05, 4.69) is 47.9 Å². The standard InChI is InChI=1S/C44H78N14O14S/c1-24(43(70)58-20-10-14-32(58)41(68)54-29(12-5-8-18-46)39(66)55-30(44(71)72)15-16-33(48)61)52-38(65)28(13-6-9-19-49-26(3)73)53-35(63)22-50-34(62)21-51-42(69)36(25(2)60)57-40(67)31(23-59)56-37(64)27(47)11-4-7-17-45/h24-25,27-32,36,59-60H,4-23,45-47H2,1-3H3,(H2,48,61)(H,49,73)(H,50,62)(H,51,69)(H,52,65)(H,53,63)(H,54,68)(H,55,66)(H,56,64)(H,57,67)(H,71,72)/t24-,25+,27-,28-,29-,30-,31-,32-,36-/m0/s1. The number of nitrogens with one attached hydrogen (secondary N) is 9. The van der Waals surface area contributed by atoms with E-state index in [1.54, 1.807) is 6.92 Å². The van der Waals surface area contributed by atoms with E-state index < -0.39 is 139 Å². The molecule has 1 rings (SSSR count). The minimum Gasteiger partial charge on any atom is -0.480 e. The summed E-state index contributed by atoms with van der Waals surface area (Å²) >= 11 is 5.04. The third-order valence-electron chi connectivity index (χ3n) is 11.4. The summed E-state index contributed by atoms with van der Waals surface area (Å²) in [5.74, 6) is -9.66. The molecule has 1 heterocycles. The zero-order chi connectivity index (χ0) is 55.2. The summed E-state index contributed by atoms with van der Waals surface area (Å²) < 4.78 is 0. The Morgan fingerprint density at radius 1 is 0.658 bits per heavy atom. The van der Waals surface area contributed by atoms with Crippen molar-refractivity contribution in [1.82, 2.24) is 52.8 Å². The van der Waals surface area contributed by atoms with E-state index in [1.165, 1.54) is 18.7 Å². The Balaban J connectivity index is 3.00. The van der Waals surface area contributed by atoms with Gasteiger partial charge in [-0.15, -0.1) is 0 Å². The second-order valence-electron chi connectivity index (χ2n) is 17.6. The predicted molar refractivity (Wildman–Crippen MR) is 267 cm³/mol. The fourth-order valence-corrected chi connectivity index (χ4v) is 7.42. The number of hydrogen-bond donors (Lipinski definition) is 16. The quantitative estimate of drug-likeness (QED) is 0.0205. The molecule has 1 aliphatic heterocycles. The Morgan fingerprint density at radius 2 is 1.22 bits per heavy atom. The van der Waals surface area contributed by atoms with Crippen molar-refractivity contribution in [3.8, 4) is 0 Å². The molecule has 10 amide bonds. The van der Waals surface area contributed by atoms with Crippen LogP contribution in [0.5, 0.6) is 0 Å². The molecule has 29 heteroatoms. The number of primary amides is 1. The smallest absolute Gasteiger partial charge is 0.326 e. The average Bonchev–Trinajstić information content (AvgIpc) is 3.83. The van der Waals surface area contributed by atoms with E-state index in [0.717, 1.165) is 0 Å². The average molecular weight is 1060 g/mol. The molecule has 0 aliphatic carbocycles. The van der Waals surface area contributed by atoms with Gasteiger partial charge in [0, 0.05) is 19.5 Å². The molecule has 73 heavy (non-hydrogen) atoms. The second-order valence-corrected chi connectivity index (χ2v) is 18.2. The van der Waals surface area contributed by atoms with Crippen LogP contribution < -0.4 is 70.8 Å². The molecule has 0 aromatic rings. The van der Waals surface area contributed by atoms with E-state index in [4.69, 9.17) is 35.2 Å². The Kier molecular flexibility index (Phi) is 31.2. The number of likely N-dealkylation sites (tertiary alicyclic amines) is 1. The molecular formula is C44H78N14O14S. The number of rotatable bonds is 36. The Morgan fingerprint density at radius 3 is 1.79 bits per heavy atom. The molecule has 20 N–H and O–H groups in total. The molecule has 28 nitrogen and oxygen atoms in total. The van der Waals surface area contributed by atoms with E-state index in [1.807, 2.05) is 0 Å². The molecule has 0 radical (unpaired) electrons. The first-order valence-corrected chi connectivity index (χ1v) is 24.7. The highest BCUT2D eigenvalue weighted by atomic mass is 32.1. The number of nitrogens with two attached hydrogens (primary N) is 4. The number of carbonyl (C=O) groups excluding carboxylic acids is 10. The number of nitrogens with zero attached hydrogens (tertiary/aromatic N) is 1. The number of thiocarbonyl (C=S) groups is 1. The number of carbonyl (C=O) groups is 11. The second kappa shape index (κ2) is 35.1. The fraction of sp³-hybridized carbons (Fsp3) is 0.727. The number of carboxylic acids is 1. The lowest BCUT2D eigenvalue weighted by Crippen LogP contribution is -2.59. The monoisotopic (exact) mass is 1060 g/mol. The van der Waals surface area contributed by atoms with Gasteiger partial charge in [-0.05, 0) is 104 Å². The Hall–Kier alpha value is -6.14. The van der Waals surface area contributed by atoms with Gasteiger partial charge in [-0.2, -0.15) is 0 Å². The zero-order valence-corrected chi connectivity index (χ0v) is 42.7. The normalized spacial score (nSPS) is 16.3. The van der Waals surface area contributed by atoms with Crippen LogP contribution in [0.1, 0.15) is 104 Å². The van der Waals surface area contributed by atoms with Crippen molar-refractivity contribution in [2.45, 2.75) is 159 Å². The molecule has 9 atom stereocenters. The first-order chi connectivity index (χ1) is 34.5. The van der Waals surface area contributed by atoms with Gasteiger partial charge in [0.1, 0.15) is 42.3 Å². The molecule has 0 spiro atoms.